The first-order chi connectivity index (χ1) is 15.7. The van der Waals surface area contributed by atoms with Crippen molar-refractivity contribution in [1.29, 1.82) is 0 Å². The topological polar surface area (TPSA) is 70.4 Å². The first-order valence-electron chi connectivity index (χ1n) is 10.0. The Balaban J connectivity index is 1.44. The van der Waals surface area contributed by atoms with Crippen molar-refractivity contribution in [1.82, 2.24) is 14.6 Å². The maximum absolute atomic E-state index is 5.55. The van der Waals surface area contributed by atoms with E-state index in [-0.39, 0.29) is 6.79 Å². The largest absolute Gasteiger partial charge is 0.493 e. The van der Waals surface area contributed by atoms with Gasteiger partial charge in [-0.05, 0) is 23.8 Å². The number of rotatable bonds is 8. The highest BCUT2D eigenvalue weighted by Crippen LogP contribution is 2.33. The molecule has 4 aromatic rings. The van der Waals surface area contributed by atoms with Gasteiger partial charge in [0, 0.05) is 12.1 Å². The summed E-state index contributed by atoms with van der Waals surface area (Å²) in [5.41, 5.74) is 2.94. The molecule has 0 aliphatic carbocycles. The van der Waals surface area contributed by atoms with Gasteiger partial charge in [0.2, 0.25) is 16.9 Å². The van der Waals surface area contributed by atoms with Gasteiger partial charge < -0.3 is 23.8 Å². The standard InChI is InChI=1S/C23H22N4O4S/c1-28-20-9-8-17(10-21(20)29-2)19-13-27-22(24-19)32-23(25-27)26(12-18-14-30-15-31-18)11-16-6-4-3-5-7-16/h3-10,13-14H,11-12,15H2,1-2H3. The van der Waals surface area contributed by atoms with Crippen molar-refractivity contribution >= 4 is 21.4 Å². The molecule has 0 fully saturated rings. The molecule has 3 heterocycles. The molecule has 0 saturated heterocycles. The van der Waals surface area contributed by atoms with Crippen molar-refractivity contribution in [3.63, 3.8) is 0 Å². The van der Waals surface area contributed by atoms with Gasteiger partial charge in [0.1, 0.15) is 6.26 Å². The molecule has 0 radical (unpaired) electrons. The Morgan fingerprint density at radius 2 is 1.91 bits per heavy atom. The van der Waals surface area contributed by atoms with Gasteiger partial charge >= 0.3 is 0 Å². The van der Waals surface area contributed by atoms with Crippen LogP contribution in [0.2, 0.25) is 0 Å². The van der Waals surface area contributed by atoms with E-state index in [0.717, 1.165) is 27.1 Å². The molecule has 0 N–H and O–H groups in total. The number of hydrogen-bond donors (Lipinski definition) is 0. The summed E-state index contributed by atoms with van der Waals surface area (Å²) in [5.74, 6) is 2.12. The smallest absolute Gasteiger partial charge is 0.229 e. The summed E-state index contributed by atoms with van der Waals surface area (Å²) in [6.45, 7) is 1.51. The zero-order valence-corrected chi connectivity index (χ0v) is 18.5. The average molecular weight is 451 g/mol. The molecular formula is C23H22N4O4S. The van der Waals surface area contributed by atoms with E-state index in [0.29, 0.717) is 24.6 Å². The summed E-state index contributed by atoms with van der Waals surface area (Å²) < 4.78 is 23.3. The third-order valence-corrected chi connectivity index (χ3v) is 6.06. The Bertz CT molecular complexity index is 1220. The molecule has 164 valence electrons. The molecule has 8 nitrogen and oxygen atoms in total. The van der Waals surface area contributed by atoms with Crippen molar-refractivity contribution in [3.05, 3.63) is 72.3 Å². The van der Waals surface area contributed by atoms with Gasteiger partial charge in [-0.25, -0.2) is 9.50 Å². The Morgan fingerprint density at radius 1 is 1.06 bits per heavy atom. The fraction of sp³-hybridized carbons (Fsp3) is 0.217. The van der Waals surface area contributed by atoms with Gasteiger partial charge in [0.05, 0.1) is 32.7 Å². The number of ether oxygens (including phenoxy) is 4. The molecule has 1 aliphatic rings. The van der Waals surface area contributed by atoms with Gasteiger partial charge in [0.15, 0.2) is 17.3 Å². The van der Waals surface area contributed by atoms with Crippen molar-refractivity contribution in [2.75, 3.05) is 32.5 Å². The highest BCUT2D eigenvalue weighted by Gasteiger charge is 2.19. The summed E-state index contributed by atoms with van der Waals surface area (Å²) in [6, 6.07) is 16.0. The fourth-order valence-corrected chi connectivity index (χ4v) is 4.37. The zero-order valence-electron chi connectivity index (χ0n) is 17.7. The maximum Gasteiger partial charge on any atom is 0.229 e. The Kier molecular flexibility index (Phi) is 5.55. The van der Waals surface area contributed by atoms with Crippen molar-refractivity contribution in [2.45, 2.75) is 6.54 Å². The third-order valence-electron chi connectivity index (χ3n) is 5.07. The second-order valence-electron chi connectivity index (χ2n) is 7.16. The lowest BCUT2D eigenvalue weighted by atomic mass is 10.1. The quantitative estimate of drug-likeness (QED) is 0.396. The Labute approximate surface area is 189 Å². The number of nitrogens with zero attached hydrogens (tertiary/aromatic N) is 4. The Morgan fingerprint density at radius 3 is 2.62 bits per heavy atom. The Hall–Kier alpha value is -3.72. The van der Waals surface area contributed by atoms with E-state index < -0.39 is 0 Å². The lowest BCUT2D eigenvalue weighted by molar-refractivity contribution is 0.0797. The number of imidazole rings is 1. The molecule has 2 aromatic carbocycles. The van der Waals surface area contributed by atoms with Crippen molar-refractivity contribution in [2.24, 2.45) is 0 Å². The minimum atomic E-state index is 0.254. The molecule has 0 bridgehead atoms. The van der Waals surface area contributed by atoms with E-state index in [1.54, 1.807) is 20.5 Å². The van der Waals surface area contributed by atoms with Crippen LogP contribution < -0.4 is 14.4 Å². The zero-order chi connectivity index (χ0) is 21.9. The minimum Gasteiger partial charge on any atom is -0.493 e. The molecule has 5 rings (SSSR count). The second kappa shape index (κ2) is 8.80. The summed E-state index contributed by atoms with van der Waals surface area (Å²) in [6.07, 6.45) is 3.58. The minimum absolute atomic E-state index is 0.254. The number of fused-ring (bicyclic) bond motifs is 1. The van der Waals surface area contributed by atoms with Gasteiger partial charge in [-0.2, -0.15) is 0 Å². The number of aromatic nitrogens is 3. The molecule has 0 saturated carbocycles. The van der Waals surface area contributed by atoms with E-state index in [2.05, 4.69) is 17.0 Å². The van der Waals surface area contributed by atoms with E-state index in [9.17, 15) is 0 Å². The number of methoxy groups -OCH3 is 2. The van der Waals surface area contributed by atoms with E-state index in [4.69, 9.17) is 29.0 Å². The van der Waals surface area contributed by atoms with Crippen LogP contribution in [0, 0.1) is 0 Å². The molecule has 32 heavy (non-hydrogen) atoms. The molecule has 2 aromatic heterocycles. The van der Waals surface area contributed by atoms with Gasteiger partial charge in [0.25, 0.3) is 0 Å². The van der Waals surface area contributed by atoms with E-state index >= 15 is 0 Å². The molecule has 1 aliphatic heterocycles. The van der Waals surface area contributed by atoms with Crippen molar-refractivity contribution < 1.29 is 18.9 Å². The summed E-state index contributed by atoms with van der Waals surface area (Å²) in [5, 5.41) is 5.65. The third kappa shape index (κ3) is 4.06. The average Bonchev–Trinajstić information content (AvgIpc) is 3.56. The maximum atomic E-state index is 5.55. The summed E-state index contributed by atoms with van der Waals surface area (Å²) in [4.78, 5) is 7.75. The molecule has 0 atom stereocenters. The molecule has 0 unspecified atom stereocenters. The van der Waals surface area contributed by atoms with Crippen LogP contribution in [0.3, 0.4) is 0 Å². The molecule has 0 spiro atoms. The lowest BCUT2D eigenvalue weighted by Gasteiger charge is -2.21. The van der Waals surface area contributed by atoms with Crippen LogP contribution in [0.15, 0.2) is 66.7 Å². The molecular weight excluding hydrogens is 428 g/mol. The second-order valence-corrected chi connectivity index (χ2v) is 8.10. The normalized spacial score (nSPS) is 12.9. The molecule has 9 heteroatoms. The predicted octanol–water partition coefficient (Wildman–Crippen LogP) is 4.33. The van der Waals surface area contributed by atoms with Crippen LogP contribution in [0.4, 0.5) is 5.13 Å². The fourth-order valence-electron chi connectivity index (χ4n) is 3.49. The summed E-state index contributed by atoms with van der Waals surface area (Å²) >= 11 is 1.53. The summed E-state index contributed by atoms with van der Waals surface area (Å²) in [7, 11) is 3.24. The SMILES string of the molecule is COc1ccc(-c2cn3nc(N(CC4=COCO4)Cc4ccccc4)sc3n2)cc1OC. The van der Waals surface area contributed by atoms with Crippen LogP contribution >= 0.6 is 11.3 Å². The van der Waals surface area contributed by atoms with Gasteiger partial charge in [-0.3, -0.25) is 0 Å². The highest BCUT2D eigenvalue weighted by molar-refractivity contribution is 7.20. The number of anilines is 1. The van der Waals surface area contributed by atoms with Crippen LogP contribution in [-0.2, 0) is 16.0 Å². The van der Waals surface area contributed by atoms with Gasteiger partial charge in [-0.15, -0.1) is 5.10 Å². The predicted molar refractivity (Wildman–Crippen MR) is 122 cm³/mol. The first kappa shape index (κ1) is 20.2. The van der Waals surface area contributed by atoms with Crippen LogP contribution in [0.25, 0.3) is 16.2 Å². The van der Waals surface area contributed by atoms with Crippen LogP contribution in [-0.4, -0.2) is 42.2 Å². The van der Waals surface area contributed by atoms with Crippen LogP contribution in [0.5, 0.6) is 11.5 Å². The van der Waals surface area contributed by atoms with Crippen molar-refractivity contribution in [3.8, 4) is 22.8 Å². The number of benzene rings is 2. The number of hydrogen-bond acceptors (Lipinski definition) is 8. The highest BCUT2D eigenvalue weighted by atomic mass is 32.1. The monoisotopic (exact) mass is 450 g/mol. The van der Waals surface area contributed by atoms with Crippen LogP contribution in [0.1, 0.15) is 5.56 Å². The van der Waals surface area contributed by atoms with Gasteiger partial charge in [-0.1, -0.05) is 41.7 Å². The van der Waals surface area contributed by atoms with E-state index in [1.165, 1.54) is 16.9 Å². The molecule has 0 amide bonds. The first-order valence-corrected chi connectivity index (χ1v) is 10.9. The van der Waals surface area contributed by atoms with E-state index in [1.807, 2.05) is 47.1 Å². The lowest BCUT2D eigenvalue weighted by Crippen LogP contribution is -2.25.